The number of hydrogen-bond acceptors (Lipinski definition) is 6. The Bertz CT molecular complexity index is 680. The van der Waals surface area contributed by atoms with Crippen LogP contribution in [0.1, 0.15) is 12.5 Å². The van der Waals surface area contributed by atoms with Crippen LogP contribution in [-0.2, 0) is 6.42 Å². The second kappa shape index (κ2) is 6.12. The summed E-state index contributed by atoms with van der Waals surface area (Å²) in [7, 11) is 0. The maximum absolute atomic E-state index is 4.79. The molecule has 0 radical (unpaired) electrons. The summed E-state index contributed by atoms with van der Waals surface area (Å²) in [5, 5.41) is 8.47. The molecule has 0 N–H and O–H groups in total. The molecule has 1 aromatic carbocycles. The third-order valence-corrected chi connectivity index (χ3v) is 4.80. The predicted molar refractivity (Wildman–Crippen MR) is 91.3 cm³/mol. The summed E-state index contributed by atoms with van der Waals surface area (Å²) in [5.41, 5.74) is 2.62. The van der Waals surface area contributed by atoms with Gasteiger partial charge in [-0.1, -0.05) is 25.1 Å². The molecular weight excluding hydrogens is 288 g/mol. The highest BCUT2D eigenvalue weighted by atomic mass is 15.4. The van der Waals surface area contributed by atoms with E-state index in [1.54, 1.807) is 6.20 Å². The van der Waals surface area contributed by atoms with Gasteiger partial charge in [0.15, 0.2) is 5.82 Å². The molecule has 120 valence electrons. The summed E-state index contributed by atoms with van der Waals surface area (Å²) in [4.78, 5) is 11.7. The van der Waals surface area contributed by atoms with Crippen LogP contribution in [0.4, 0.5) is 17.5 Å². The SMILES string of the molecule is CCN1CCN(c2nncc(N3CCc4ccccc43)n2)CC1. The Morgan fingerprint density at radius 2 is 1.87 bits per heavy atom. The van der Waals surface area contributed by atoms with Gasteiger partial charge in [-0.25, -0.2) is 0 Å². The number of nitrogens with zero attached hydrogens (tertiary/aromatic N) is 6. The smallest absolute Gasteiger partial charge is 0.247 e. The molecule has 1 aromatic heterocycles. The third-order valence-electron chi connectivity index (χ3n) is 4.80. The number of aromatic nitrogens is 3. The molecule has 0 atom stereocenters. The summed E-state index contributed by atoms with van der Waals surface area (Å²) in [6, 6.07) is 8.52. The standard InChI is InChI=1S/C17H22N6/c1-2-21-9-11-22(12-10-21)17-19-16(13-18-20-17)23-8-7-14-5-3-4-6-15(14)23/h3-6,13H,2,7-12H2,1H3. The topological polar surface area (TPSA) is 48.4 Å². The zero-order chi connectivity index (χ0) is 15.6. The molecule has 6 heteroatoms. The Morgan fingerprint density at radius 3 is 2.70 bits per heavy atom. The Hall–Kier alpha value is -2.21. The molecule has 0 amide bonds. The Morgan fingerprint density at radius 1 is 1.04 bits per heavy atom. The summed E-state index contributed by atoms with van der Waals surface area (Å²) in [6.07, 6.45) is 2.83. The summed E-state index contributed by atoms with van der Waals surface area (Å²) < 4.78 is 0. The minimum Gasteiger partial charge on any atom is -0.337 e. The first kappa shape index (κ1) is 14.4. The molecule has 2 aliphatic heterocycles. The van der Waals surface area contributed by atoms with Gasteiger partial charge in [-0.15, -0.1) is 5.10 Å². The zero-order valence-electron chi connectivity index (χ0n) is 13.5. The molecular formula is C17H22N6. The first-order valence-corrected chi connectivity index (χ1v) is 8.37. The lowest BCUT2D eigenvalue weighted by Crippen LogP contribution is -2.46. The van der Waals surface area contributed by atoms with Crippen LogP contribution in [-0.4, -0.2) is 59.3 Å². The first-order chi connectivity index (χ1) is 11.3. The molecule has 0 unspecified atom stereocenters. The molecule has 4 rings (SSSR count). The van der Waals surface area contributed by atoms with E-state index in [4.69, 9.17) is 4.98 Å². The highest BCUT2D eigenvalue weighted by Gasteiger charge is 2.23. The molecule has 1 fully saturated rings. The van der Waals surface area contributed by atoms with Crippen LogP contribution in [0.3, 0.4) is 0 Å². The van der Waals surface area contributed by atoms with Crippen LogP contribution in [0, 0.1) is 0 Å². The van der Waals surface area contributed by atoms with Crippen molar-refractivity contribution < 1.29 is 0 Å². The minimum atomic E-state index is 0.752. The van der Waals surface area contributed by atoms with Gasteiger partial charge in [0.25, 0.3) is 0 Å². The van der Waals surface area contributed by atoms with E-state index in [2.05, 4.69) is 56.1 Å². The van der Waals surface area contributed by atoms with E-state index in [-0.39, 0.29) is 0 Å². The molecule has 3 heterocycles. The van der Waals surface area contributed by atoms with Gasteiger partial charge in [0.05, 0.1) is 6.20 Å². The van der Waals surface area contributed by atoms with Crippen molar-refractivity contribution in [1.82, 2.24) is 20.1 Å². The fourth-order valence-electron chi connectivity index (χ4n) is 3.39. The third kappa shape index (κ3) is 2.74. The summed E-state index contributed by atoms with van der Waals surface area (Å²) in [6.45, 7) is 8.34. The van der Waals surface area contributed by atoms with Gasteiger partial charge in [-0.05, 0) is 24.6 Å². The zero-order valence-corrected chi connectivity index (χ0v) is 13.5. The molecule has 6 nitrogen and oxygen atoms in total. The van der Waals surface area contributed by atoms with E-state index in [9.17, 15) is 0 Å². The summed E-state index contributed by atoms with van der Waals surface area (Å²) >= 11 is 0. The van der Waals surface area contributed by atoms with Crippen molar-refractivity contribution in [2.24, 2.45) is 0 Å². The number of rotatable bonds is 3. The van der Waals surface area contributed by atoms with Gasteiger partial charge in [-0.3, -0.25) is 0 Å². The van der Waals surface area contributed by atoms with Gasteiger partial charge in [0.1, 0.15) is 0 Å². The Kier molecular flexibility index (Phi) is 3.83. The van der Waals surface area contributed by atoms with Gasteiger partial charge in [0.2, 0.25) is 5.95 Å². The normalized spacial score (nSPS) is 18.3. The fourth-order valence-corrected chi connectivity index (χ4v) is 3.39. The monoisotopic (exact) mass is 310 g/mol. The van der Waals surface area contributed by atoms with Gasteiger partial charge in [0, 0.05) is 38.4 Å². The lowest BCUT2D eigenvalue weighted by atomic mass is 10.2. The average Bonchev–Trinajstić information content (AvgIpc) is 3.06. The first-order valence-electron chi connectivity index (χ1n) is 8.37. The Labute approximate surface area is 136 Å². The van der Waals surface area contributed by atoms with Crippen LogP contribution in [0.5, 0.6) is 0 Å². The number of benzene rings is 1. The number of piperazine rings is 1. The van der Waals surface area contributed by atoms with E-state index in [0.717, 1.165) is 57.5 Å². The van der Waals surface area contributed by atoms with Crippen molar-refractivity contribution in [3.05, 3.63) is 36.0 Å². The maximum atomic E-state index is 4.79. The largest absolute Gasteiger partial charge is 0.337 e. The van der Waals surface area contributed by atoms with E-state index < -0.39 is 0 Å². The number of likely N-dealkylation sites (N-methyl/N-ethyl adjacent to an activating group) is 1. The van der Waals surface area contributed by atoms with Crippen LogP contribution in [0.15, 0.2) is 30.5 Å². The van der Waals surface area contributed by atoms with Crippen molar-refractivity contribution in [1.29, 1.82) is 0 Å². The second-order valence-corrected chi connectivity index (χ2v) is 6.07. The van der Waals surface area contributed by atoms with Crippen LogP contribution >= 0.6 is 0 Å². The molecule has 0 spiro atoms. The molecule has 0 saturated carbocycles. The van der Waals surface area contributed by atoms with Crippen molar-refractivity contribution in [2.45, 2.75) is 13.3 Å². The number of fused-ring (bicyclic) bond motifs is 1. The van der Waals surface area contributed by atoms with Crippen molar-refractivity contribution in [3.63, 3.8) is 0 Å². The average molecular weight is 310 g/mol. The highest BCUT2D eigenvalue weighted by Crippen LogP contribution is 2.33. The summed E-state index contributed by atoms with van der Waals surface area (Å²) in [5.74, 6) is 1.65. The van der Waals surface area contributed by atoms with E-state index in [1.165, 1.54) is 11.3 Å². The fraction of sp³-hybridized carbons (Fsp3) is 0.471. The molecule has 2 aliphatic rings. The number of para-hydroxylation sites is 1. The van der Waals surface area contributed by atoms with Crippen LogP contribution in [0.25, 0.3) is 0 Å². The van der Waals surface area contributed by atoms with Crippen molar-refractivity contribution >= 4 is 17.5 Å². The van der Waals surface area contributed by atoms with E-state index >= 15 is 0 Å². The number of anilines is 3. The second-order valence-electron chi connectivity index (χ2n) is 6.07. The van der Waals surface area contributed by atoms with Crippen LogP contribution in [0.2, 0.25) is 0 Å². The lowest BCUT2D eigenvalue weighted by Gasteiger charge is -2.34. The van der Waals surface area contributed by atoms with Crippen molar-refractivity contribution in [3.8, 4) is 0 Å². The molecule has 0 bridgehead atoms. The molecule has 1 saturated heterocycles. The molecule has 2 aromatic rings. The predicted octanol–water partition coefficient (Wildman–Crippen LogP) is 1.71. The molecule has 0 aliphatic carbocycles. The maximum Gasteiger partial charge on any atom is 0.247 e. The van der Waals surface area contributed by atoms with Gasteiger partial charge >= 0.3 is 0 Å². The van der Waals surface area contributed by atoms with Gasteiger partial charge in [-0.2, -0.15) is 10.1 Å². The van der Waals surface area contributed by atoms with E-state index in [1.807, 2.05) is 0 Å². The Balaban J connectivity index is 1.56. The molecule has 23 heavy (non-hydrogen) atoms. The quantitative estimate of drug-likeness (QED) is 0.860. The van der Waals surface area contributed by atoms with Gasteiger partial charge < -0.3 is 14.7 Å². The number of hydrogen-bond donors (Lipinski definition) is 0. The van der Waals surface area contributed by atoms with E-state index in [0.29, 0.717) is 0 Å². The lowest BCUT2D eigenvalue weighted by molar-refractivity contribution is 0.269. The van der Waals surface area contributed by atoms with Crippen molar-refractivity contribution in [2.75, 3.05) is 49.1 Å². The minimum absolute atomic E-state index is 0.752. The van der Waals surface area contributed by atoms with Crippen LogP contribution < -0.4 is 9.80 Å². The highest BCUT2D eigenvalue weighted by molar-refractivity contribution is 5.67.